The zero-order valence-electron chi connectivity index (χ0n) is 7.62. The minimum absolute atomic E-state index is 0.411. The first-order chi connectivity index (χ1) is 7.23. The summed E-state index contributed by atoms with van der Waals surface area (Å²) in [5.41, 5.74) is 3.21. The van der Waals surface area contributed by atoms with E-state index in [1.807, 2.05) is 0 Å². The van der Waals surface area contributed by atoms with E-state index in [2.05, 4.69) is 4.98 Å². The average Bonchev–Trinajstić information content (AvgIpc) is 2.14. The van der Waals surface area contributed by atoms with Gasteiger partial charge in [-0.25, -0.2) is 14.2 Å². The predicted octanol–water partition coefficient (Wildman–Crippen LogP) is 1.48. The van der Waals surface area contributed by atoms with Crippen molar-refractivity contribution in [2.24, 2.45) is 5.73 Å². The highest BCUT2D eigenvalue weighted by atomic mass is 19.4. The fourth-order valence-corrected chi connectivity index (χ4v) is 0.969. The number of nitrogens with two attached hydrogens (primary N) is 1. The van der Waals surface area contributed by atoms with Gasteiger partial charge in [-0.05, 0) is 11.6 Å². The Morgan fingerprint density at radius 2 is 2.06 bits per heavy atom. The fraction of sp³-hybridized carbons (Fsp3) is 0.250. The molecule has 1 aromatic heterocycles. The van der Waals surface area contributed by atoms with Crippen LogP contribution in [0.4, 0.5) is 17.6 Å². The van der Waals surface area contributed by atoms with Crippen LogP contribution in [0, 0.1) is 5.82 Å². The van der Waals surface area contributed by atoms with Gasteiger partial charge in [-0.3, -0.25) is 0 Å². The number of aromatic carboxylic acids is 1. The molecular formula is C8H6F4N2O2. The van der Waals surface area contributed by atoms with Crippen LogP contribution in [0.15, 0.2) is 12.3 Å². The third-order valence-corrected chi connectivity index (χ3v) is 1.78. The van der Waals surface area contributed by atoms with Crippen LogP contribution in [-0.4, -0.2) is 22.2 Å². The van der Waals surface area contributed by atoms with Crippen LogP contribution < -0.4 is 5.73 Å². The van der Waals surface area contributed by atoms with Gasteiger partial charge in [-0.2, -0.15) is 13.2 Å². The van der Waals surface area contributed by atoms with E-state index in [4.69, 9.17) is 10.8 Å². The van der Waals surface area contributed by atoms with Crippen molar-refractivity contribution in [2.75, 3.05) is 0 Å². The van der Waals surface area contributed by atoms with Gasteiger partial charge in [0, 0.05) is 6.20 Å². The lowest BCUT2D eigenvalue weighted by Gasteiger charge is -2.15. The highest BCUT2D eigenvalue weighted by molar-refractivity contribution is 5.85. The molecule has 0 amide bonds. The van der Waals surface area contributed by atoms with E-state index in [-0.39, 0.29) is 0 Å². The highest BCUT2D eigenvalue weighted by Crippen LogP contribution is 2.30. The van der Waals surface area contributed by atoms with E-state index in [1.165, 1.54) is 0 Å². The van der Waals surface area contributed by atoms with Gasteiger partial charge in [0.15, 0.2) is 11.5 Å². The van der Waals surface area contributed by atoms with Gasteiger partial charge in [0.25, 0.3) is 0 Å². The summed E-state index contributed by atoms with van der Waals surface area (Å²) >= 11 is 0. The topological polar surface area (TPSA) is 76.2 Å². The van der Waals surface area contributed by atoms with Crippen molar-refractivity contribution in [1.29, 1.82) is 0 Å². The van der Waals surface area contributed by atoms with Crippen molar-refractivity contribution in [3.63, 3.8) is 0 Å². The summed E-state index contributed by atoms with van der Waals surface area (Å²) in [7, 11) is 0. The Balaban J connectivity index is 3.11. The van der Waals surface area contributed by atoms with E-state index in [0.29, 0.717) is 12.3 Å². The standard InChI is InChI=1S/C8H6F4N2O2/c9-4-1-3(6(13)8(10,11)12)2-14-5(4)7(15)16/h1-2,6H,13H2,(H,15,16). The van der Waals surface area contributed by atoms with E-state index in [1.54, 1.807) is 0 Å². The first kappa shape index (κ1) is 12.4. The number of hydrogen-bond acceptors (Lipinski definition) is 3. The summed E-state index contributed by atoms with van der Waals surface area (Å²) in [6.07, 6.45) is -4.15. The van der Waals surface area contributed by atoms with Crippen molar-refractivity contribution < 1.29 is 27.5 Å². The number of halogens is 4. The quantitative estimate of drug-likeness (QED) is 0.765. The molecule has 0 saturated carbocycles. The minimum Gasteiger partial charge on any atom is -0.476 e. The first-order valence-electron chi connectivity index (χ1n) is 3.94. The lowest BCUT2D eigenvalue weighted by atomic mass is 10.1. The van der Waals surface area contributed by atoms with Gasteiger partial charge in [0.1, 0.15) is 6.04 Å². The SMILES string of the molecule is NC(c1cnc(C(=O)O)c(F)c1)C(F)(F)F. The maximum Gasteiger partial charge on any atom is 0.407 e. The van der Waals surface area contributed by atoms with Gasteiger partial charge < -0.3 is 10.8 Å². The fourth-order valence-electron chi connectivity index (χ4n) is 0.969. The first-order valence-corrected chi connectivity index (χ1v) is 3.94. The number of aromatic nitrogens is 1. The van der Waals surface area contributed by atoms with Crippen LogP contribution >= 0.6 is 0 Å². The molecule has 4 nitrogen and oxygen atoms in total. The number of pyridine rings is 1. The van der Waals surface area contributed by atoms with Crippen molar-refractivity contribution in [3.05, 3.63) is 29.3 Å². The molecule has 0 spiro atoms. The van der Waals surface area contributed by atoms with Crippen molar-refractivity contribution in [2.45, 2.75) is 12.2 Å². The van der Waals surface area contributed by atoms with Crippen molar-refractivity contribution >= 4 is 5.97 Å². The van der Waals surface area contributed by atoms with Gasteiger partial charge in [0.2, 0.25) is 0 Å². The predicted molar refractivity (Wildman–Crippen MR) is 44.1 cm³/mol. The van der Waals surface area contributed by atoms with Gasteiger partial charge in [-0.15, -0.1) is 0 Å². The van der Waals surface area contributed by atoms with Crippen molar-refractivity contribution in [1.82, 2.24) is 4.98 Å². The molecule has 0 fully saturated rings. The largest absolute Gasteiger partial charge is 0.476 e. The molecule has 0 saturated heterocycles. The van der Waals surface area contributed by atoms with Gasteiger partial charge >= 0.3 is 12.1 Å². The van der Waals surface area contributed by atoms with Crippen LogP contribution in [0.3, 0.4) is 0 Å². The van der Waals surface area contributed by atoms with Gasteiger partial charge in [-0.1, -0.05) is 0 Å². The molecule has 1 unspecified atom stereocenters. The highest BCUT2D eigenvalue weighted by Gasteiger charge is 2.38. The summed E-state index contributed by atoms with van der Waals surface area (Å²) in [5, 5.41) is 8.40. The Bertz CT molecular complexity index is 419. The maximum atomic E-state index is 13.0. The Hall–Kier alpha value is -1.70. The number of carbonyl (C=O) groups is 1. The molecule has 16 heavy (non-hydrogen) atoms. The second kappa shape index (κ2) is 4.05. The molecule has 0 radical (unpaired) electrons. The lowest BCUT2D eigenvalue weighted by Crippen LogP contribution is -2.28. The van der Waals surface area contributed by atoms with Crippen LogP contribution in [0.25, 0.3) is 0 Å². The minimum atomic E-state index is -4.74. The zero-order valence-corrected chi connectivity index (χ0v) is 7.62. The van der Waals surface area contributed by atoms with Gasteiger partial charge in [0.05, 0.1) is 0 Å². The number of alkyl halides is 3. The molecule has 0 aromatic carbocycles. The molecule has 1 atom stereocenters. The summed E-state index contributed by atoms with van der Waals surface area (Å²) in [6.45, 7) is 0. The Kier molecular flexibility index (Phi) is 3.13. The molecule has 8 heteroatoms. The molecule has 1 heterocycles. The molecule has 0 aliphatic heterocycles. The number of hydrogen-bond donors (Lipinski definition) is 2. The number of carboxylic acids is 1. The number of carboxylic acid groups (broad SMARTS) is 1. The molecule has 1 rings (SSSR count). The second-order valence-corrected chi connectivity index (χ2v) is 2.92. The van der Waals surface area contributed by atoms with Crippen LogP contribution in [0.2, 0.25) is 0 Å². The summed E-state index contributed by atoms with van der Waals surface area (Å²) in [4.78, 5) is 13.4. The monoisotopic (exact) mass is 238 g/mol. The van der Waals surface area contributed by atoms with Crippen LogP contribution in [0.1, 0.15) is 22.1 Å². The van der Waals surface area contributed by atoms with Crippen LogP contribution in [0.5, 0.6) is 0 Å². The average molecular weight is 238 g/mol. The molecule has 0 aliphatic rings. The smallest absolute Gasteiger partial charge is 0.407 e. The van der Waals surface area contributed by atoms with E-state index in [9.17, 15) is 22.4 Å². The van der Waals surface area contributed by atoms with E-state index in [0.717, 1.165) is 0 Å². The Morgan fingerprint density at radius 3 is 2.44 bits per heavy atom. The maximum absolute atomic E-state index is 13.0. The zero-order chi connectivity index (χ0) is 12.5. The Labute approximate surface area is 86.7 Å². The molecule has 88 valence electrons. The number of rotatable bonds is 2. The molecule has 3 N–H and O–H groups in total. The van der Waals surface area contributed by atoms with Crippen molar-refractivity contribution in [3.8, 4) is 0 Å². The lowest BCUT2D eigenvalue weighted by molar-refractivity contribution is -0.149. The summed E-state index contributed by atoms with van der Waals surface area (Å²) in [6, 6.07) is -1.98. The van der Waals surface area contributed by atoms with E-state index < -0.39 is 35.3 Å². The molecule has 1 aromatic rings. The van der Waals surface area contributed by atoms with Crippen LogP contribution in [-0.2, 0) is 0 Å². The third-order valence-electron chi connectivity index (χ3n) is 1.78. The molecule has 0 aliphatic carbocycles. The Morgan fingerprint density at radius 1 is 1.50 bits per heavy atom. The number of nitrogens with zero attached hydrogens (tertiary/aromatic N) is 1. The molecular weight excluding hydrogens is 232 g/mol. The second-order valence-electron chi connectivity index (χ2n) is 2.92. The third kappa shape index (κ3) is 2.45. The summed E-state index contributed by atoms with van der Waals surface area (Å²) < 4.78 is 49.4. The summed E-state index contributed by atoms with van der Waals surface area (Å²) in [5.74, 6) is -3.02. The van der Waals surface area contributed by atoms with E-state index >= 15 is 0 Å². The molecule has 0 bridgehead atoms. The normalized spacial score (nSPS) is 13.6.